The maximum Gasteiger partial charge on any atom is 0.280 e. The minimum absolute atomic E-state index is 0.145. The zero-order valence-electron chi connectivity index (χ0n) is 9.63. The number of ether oxygens (including phenoxy) is 1. The highest BCUT2D eigenvalue weighted by molar-refractivity contribution is 7.99. The molecule has 0 radical (unpaired) electrons. The van der Waals surface area contributed by atoms with Crippen molar-refractivity contribution in [2.24, 2.45) is 0 Å². The number of carbonyl (C=O) groups is 1. The minimum atomic E-state index is -0.541. The lowest BCUT2D eigenvalue weighted by Gasteiger charge is -2.04. The van der Waals surface area contributed by atoms with Gasteiger partial charge in [0, 0.05) is 23.8 Å². The van der Waals surface area contributed by atoms with Gasteiger partial charge in [0.2, 0.25) is 0 Å². The maximum atomic E-state index is 11.3. The number of nitro benzene ring substituents is 1. The van der Waals surface area contributed by atoms with Crippen LogP contribution in [0, 0.1) is 10.1 Å². The molecule has 0 aromatic heterocycles. The van der Waals surface area contributed by atoms with E-state index in [1.165, 1.54) is 24.8 Å². The fourth-order valence-electron chi connectivity index (χ4n) is 1.29. The van der Waals surface area contributed by atoms with Gasteiger partial charge >= 0.3 is 0 Å². The Morgan fingerprint density at radius 1 is 1.53 bits per heavy atom. The standard InChI is InChI=1S/C11H13NO4S/c1-8(13)10-7-9(17-6-5-16-2)3-4-11(10)12(14)15/h3-4,7H,5-6H2,1-2H3. The number of ketones is 1. The van der Waals surface area contributed by atoms with Gasteiger partial charge in [0.15, 0.2) is 5.78 Å². The molecule has 0 unspecified atom stereocenters. The van der Waals surface area contributed by atoms with Crippen LogP contribution in [-0.4, -0.2) is 30.2 Å². The number of Topliss-reactive ketones (excluding diaryl/α,β-unsaturated/α-hetero) is 1. The smallest absolute Gasteiger partial charge is 0.280 e. The van der Waals surface area contributed by atoms with Crippen molar-refractivity contribution in [1.82, 2.24) is 0 Å². The van der Waals surface area contributed by atoms with E-state index in [4.69, 9.17) is 4.74 Å². The second-order valence-electron chi connectivity index (χ2n) is 3.33. The van der Waals surface area contributed by atoms with Gasteiger partial charge < -0.3 is 4.74 Å². The number of thioether (sulfide) groups is 1. The van der Waals surface area contributed by atoms with Crippen molar-refractivity contribution < 1.29 is 14.5 Å². The van der Waals surface area contributed by atoms with Crippen LogP contribution in [0.15, 0.2) is 23.1 Å². The third-order valence-corrected chi connectivity index (χ3v) is 3.06. The summed E-state index contributed by atoms with van der Waals surface area (Å²) in [7, 11) is 1.61. The largest absolute Gasteiger partial charge is 0.384 e. The number of nitro groups is 1. The minimum Gasteiger partial charge on any atom is -0.384 e. The van der Waals surface area contributed by atoms with Crippen LogP contribution in [0.5, 0.6) is 0 Å². The Kier molecular flexibility index (Phi) is 5.11. The summed E-state index contributed by atoms with van der Waals surface area (Å²) >= 11 is 1.50. The summed E-state index contributed by atoms with van der Waals surface area (Å²) < 4.78 is 4.91. The van der Waals surface area contributed by atoms with Crippen molar-refractivity contribution in [3.05, 3.63) is 33.9 Å². The van der Waals surface area contributed by atoms with Crippen LogP contribution in [0.3, 0.4) is 0 Å². The first-order valence-electron chi connectivity index (χ1n) is 4.97. The first kappa shape index (κ1) is 13.7. The molecule has 0 aliphatic carbocycles. The zero-order chi connectivity index (χ0) is 12.8. The number of hydrogen-bond donors (Lipinski definition) is 0. The van der Waals surface area contributed by atoms with E-state index in [0.29, 0.717) is 6.61 Å². The highest BCUT2D eigenvalue weighted by atomic mass is 32.2. The van der Waals surface area contributed by atoms with Gasteiger partial charge in [0.05, 0.1) is 17.1 Å². The van der Waals surface area contributed by atoms with Gasteiger partial charge in [0.25, 0.3) is 5.69 Å². The quantitative estimate of drug-likeness (QED) is 0.257. The van der Waals surface area contributed by atoms with Crippen LogP contribution in [-0.2, 0) is 4.74 Å². The lowest BCUT2D eigenvalue weighted by molar-refractivity contribution is -0.385. The van der Waals surface area contributed by atoms with Crippen molar-refractivity contribution in [3.63, 3.8) is 0 Å². The number of hydrogen-bond acceptors (Lipinski definition) is 5. The predicted molar refractivity (Wildman–Crippen MR) is 65.7 cm³/mol. The normalized spacial score (nSPS) is 10.2. The molecule has 0 heterocycles. The lowest BCUT2D eigenvalue weighted by Crippen LogP contribution is -2.00. The fourth-order valence-corrected chi connectivity index (χ4v) is 2.14. The molecule has 1 aromatic rings. The Morgan fingerprint density at radius 3 is 2.76 bits per heavy atom. The molecule has 5 nitrogen and oxygen atoms in total. The summed E-state index contributed by atoms with van der Waals surface area (Å²) in [5.41, 5.74) is 0.00556. The van der Waals surface area contributed by atoms with E-state index in [-0.39, 0.29) is 17.0 Å². The first-order chi connectivity index (χ1) is 8.06. The molecule has 0 N–H and O–H groups in total. The van der Waals surface area contributed by atoms with E-state index in [1.807, 2.05) is 0 Å². The van der Waals surface area contributed by atoms with Gasteiger partial charge in [-0.15, -0.1) is 11.8 Å². The Morgan fingerprint density at radius 2 is 2.24 bits per heavy atom. The van der Waals surface area contributed by atoms with Crippen LogP contribution < -0.4 is 0 Å². The van der Waals surface area contributed by atoms with E-state index in [0.717, 1.165) is 10.6 Å². The summed E-state index contributed by atoms with van der Waals surface area (Å²) in [4.78, 5) is 22.3. The average Bonchev–Trinajstić information content (AvgIpc) is 2.29. The van der Waals surface area contributed by atoms with Gasteiger partial charge in [-0.2, -0.15) is 0 Å². The molecule has 0 saturated carbocycles. The Hall–Kier alpha value is -1.40. The molecule has 92 valence electrons. The van der Waals surface area contributed by atoms with Crippen molar-refractivity contribution in [2.45, 2.75) is 11.8 Å². The molecule has 0 saturated heterocycles. The van der Waals surface area contributed by atoms with Gasteiger partial charge in [-0.3, -0.25) is 14.9 Å². The SMILES string of the molecule is COCCSc1ccc([N+](=O)[O-])c(C(C)=O)c1. The second-order valence-corrected chi connectivity index (χ2v) is 4.50. The fraction of sp³-hybridized carbons (Fsp3) is 0.364. The highest BCUT2D eigenvalue weighted by Gasteiger charge is 2.17. The Bertz CT molecular complexity index is 433. The van der Waals surface area contributed by atoms with Crippen LogP contribution in [0.25, 0.3) is 0 Å². The van der Waals surface area contributed by atoms with Crippen LogP contribution in [0.4, 0.5) is 5.69 Å². The molecular weight excluding hydrogens is 242 g/mol. The molecule has 0 atom stereocenters. The molecule has 0 fully saturated rings. The van der Waals surface area contributed by atoms with Crippen molar-refractivity contribution in [3.8, 4) is 0 Å². The van der Waals surface area contributed by atoms with Gasteiger partial charge in [0.1, 0.15) is 0 Å². The molecule has 1 aromatic carbocycles. The van der Waals surface area contributed by atoms with Gasteiger partial charge in [-0.1, -0.05) is 0 Å². The molecule has 17 heavy (non-hydrogen) atoms. The van der Waals surface area contributed by atoms with Crippen LogP contribution in [0.2, 0.25) is 0 Å². The van der Waals surface area contributed by atoms with Crippen LogP contribution >= 0.6 is 11.8 Å². The lowest BCUT2D eigenvalue weighted by atomic mass is 10.1. The molecule has 0 aliphatic heterocycles. The first-order valence-corrected chi connectivity index (χ1v) is 5.96. The summed E-state index contributed by atoms with van der Waals surface area (Å²) in [6, 6.07) is 4.57. The highest BCUT2D eigenvalue weighted by Crippen LogP contribution is 2.26. The van der Waals surface area contributed by atoms with E-state index in [1.54, 1.807) is 19.2 Å². The Labute approximate surface area is 103 Å². The number of methoxy groups -OCH3 is 1. The molecule has 0 bridgehead atoms. The third-order valence-electron chi connectivity index (χ3n) is 2.10. The van der Waals surface area contributed by atoms with E-state index >= 15 is 0 Å². The Balaban J connectivity index is 2.94. The van der Waals surface area contributed by atoms with E-state index in [9.17, 15) is 14.9 Å². The van der Waals surface area contributed by atoms with Crippen LogP contribution in [0.1, 0.15) is 17.3 Å². The van der Waals surface area contributed by atoms with E-state index in [2.05, 4.69) is 0 Å². The number of carbonyl (C=O) groups excluding carboxylic acids is 1. The molecule has 1 rings (SSSR count). The maximum absolute atomic E-state index is 11.3. The van der Waals surface area contributed by atoms with E-state index < -0.39 is 4.92 Å². The summed E-state index contributed by atoms with van der Waals surface area (Å²) in [5.74, 6) is 0.442. The molecular formula is C11H13NO4S. The second kappa shape index (κ2) is 6.36. The number of rotatable bonds is 6. The third kappa shape index (κ3) is 3.83. The molecule has 0 amide bonds. The summed E-state index contributed by atoms with van der Waals surface area (Å²) in [6.07, 6.45) is 0. The topological polar surface area (TPSA) is 69.4 Å². The molecule has 0 aliphatic rings. The monoisotopic (exact) mass is 255 g/mol. The molecule has 0 spiro atoms. The number of benzene rings is 1. The zero-order valence-corrected chi connectivity index (χ0v) is 10.5. The van der Waals surface area contributed by atoms with Gasteiger partial charge in [-0.25, -0.2) is 0 Å². The molecule has 6 heteroatoms. The van der Waals surface area contributed by atoms with Crippen molar-refractivity contribution >= 4 is 23.2 Å². The average molecular weight is 255 g/mol. The number of nitrogens with zero attached hydrogens (tertiary/aromatic N) is 1. The predicted octanol–water partition coefficient (Wildman–Crippen LogP) is 2.54. The van der Waals surface area contributed by atoms with Gasteiger partial charge in [-0.05, 0) is 19.1 Å². The van der Waals surface area contributed by atoms with Crippen molar-refractivity contribution in [2.75, 3.05) is 19.5 Å². The summed E-state index contributed by atoms with van der Waals surface area (Å²) in [6.45, 7) is 1.92. The van der Waals surface area contributed by atoms with Crippen molar-refractivity contribution in [1.29, 1.82) is 0 Å². The summed E-state index contributed by atoms with van der Waals surface area (Å²) in [5, 5.41) is 10.7.